The number of carbonyl (C=O) groups excluding carboxylic acids is 1. The van der Waals surface area contributed by atoms with E-state index in [9.17, 15) is 9.59 Å². The van der Waals surface area contributed by atoms with Crippen LogP contribution < -0.4 is 10.9 Å². The lowest BCUT2D eigenvalue weighted by Gasteiger charge is -2.09. The highest BCUT2D eigenvalue weighted by atomic mass is 127. The number of halogens is 1. The van der Waals surface area contributed by atoms with Gasteiger partial charge < -0.3 is 9.88 Å². The maximum absolute atomic E-state index is 11.9. The molecule has 1 heterocycles. The minimum atomic E-state index is -0.0925. The van der Waals surface area contributed by atoms with Crippen LogP contribution in [-0.4, -0.2) is 10.5 Å². The number of aryl methyl sites for hydroxylation is 2. The molecule has 0 saturated carbocycles. The Morgan fingerprint density at radius 3 is 2.80 bits per heavy atom. The van der Waals surface area contributed by atoms with E-state index in [1.165, 1.54) is 10.6 Å². The highest BCUT2D eigenvalue weighted by molar-refractivity contribution is 14.1. The van der Waals surface area contributed by atoms with Crippen molar-refractivity contribution in [3.63, 3.8) is 0 Å². The fourth-order valence-electron chi connectivity index (χ4n) is 1.85. The van der Waals surface area contributed by atoms with Crippen LogP contribution >= 0.6 is 22.6 Å². The number of hydrogen-bond donors (Lipinski definition) is 1. The molecule has 104 valence electrons. The van der Waals surface area contributed by atoms with E-state index in [0.29, 0.717) is 6.54 Å². The second kappa shape index (κ2) is 6.69. The van der Waals surface area contributed by atoms with Gasteiger partial charge in [0.05, 0.1) is 0 Å². The monoisotopic (exact) mass is 382 g/mol. The number of benzene rings is 1. The zero-order valence-corrected chi connectivity index (χ0v) is 13.3. The van der Waals surface area contributed by atoms with E-state index in [0.717, 1.165) is 14.8 Å². The number of carbonyl (C=O) groups is 1. The highest BCUT2D eigenvalue weighted by Gasteiger charge is 2.05. The molecule has 4 nitrogen and oxygen atoms in total. The molecule has 1 aromatic carbocycles. The summed E-state index contributed by atoms with van der Waals surface area (Å²) in [6.07, 6.45) is 1.96. The van der Waals surface area contributed by atoms with Crippen molar-refractivity contribution in [1.29, 1.82) is 0 Å². The van der Waals surface area contributed by atoms with Gasteiger partial charge in [0.1, 0.15) is 0 Å². The Morgan fingerprint density at radius 1 is 1.30 bits per heavy atom. The molecule has 0 aliphatic heterocycles. The number of nitrogens with one attached hydrogen (secondary N) is 1. The van der Waals surface area contributed by atoms with Crippen molar-refractivity contribution in [2.75, 3.05) is 5.32 Å². The molecule has 20 heavy (non-hydrogen) atoms. The molecule has 1 amide bonds. The van der Waals surface area contributed by atoms with Crippen LogP contribution in [0.3, 0.4) is 0 Å². The standard InChI is InChI=1S/C15H15IN2O2/c1-11-10-12(16)5-6-13(11)17-14(19)7-9-18-8-3-2-4-15(18)20/h2-6,8,10H,7,9H2,1H3,(H,17,19). The normalized spacial score (nSPS) is 10.3. The van der Waals surface area contributed by atoms with E-state index < -0.39 is 0 Å². The van der Waals surface area contributed by atoms with E-state index >= 15 is 0 Å². The third-order valence-electron chi connectivity index (χ3n) is 2.94. The molecule has 0 bridgehead atoms. The number of pyridine rings is 1. The second-order valence-corrected chi connectivity index (χ2v) is 5.74. The van der Waals surface area contributed by atoms with Crippen molar-refractivity contribution in [1.82, 2.24) is 4.57 Å². The van der Waals surface area contributed by atoms with Crippen molar-refractivity contribution >= 4 is 34.2 Å². The van der Waals surface area contributed by atoms with Gasteiger partial charge in [0.15, 0.2) is 0 Å². The molecule has 0 spiro atoms. The van der Waals surface area contributed by atoms with Crippen molar-refractivity contribution in [2.24, 2.45) is 0 Å². The summed E-state index contributed by atoms with van der Waals surface area (Å²) in [6, 6.07) is 10.8. The van der Waals surface area contributed by atoms with Crippen LogP contribution in [0.25, 0.3) is 0 Å². The summed E-state index contributed by atoms with van der Waals surface area (Å²) in [7, 11) is 0. The summed E-state index contributed by atoms with van der Waals surface area (Å²) >= 11 is 2.23. The van der Waals surface area contributed by atoms with Crippen molar-refractivity contribution in [2.45, 2.75) is 19.9 Å². The summed E-state index contributed by atoms with van der Waals surface area (Å²) in [5.74, 6) is -0.0925. The predicted octanol–water partition coefficient (Wildman–Crippen LogP) is 2.79. The minimum Gasteiger partial charge on any atom is -0.326 e. The zero-order valence-electron chi connectivity index (χ0n) is 11.1. The fraction of sp³-hybridized carbons (Fsp3) is 0.200. The SMILES string of the molecule is Cc1cc(I)ccc1NC(=O)CCn1ccccc1=O. The van der Waals surface area contributed by atoms with Crippen LogP contribution in [0.1, 0.15) is 12.0 Å². The Kier molecular flexibility index (Phi) is 4.94. The summed E-state index contributed by atoms with van der Waals surface area (Å²) in [5.41, 5.74) is 1.75. The quantitative estimate of drug-likeness (QED) is 0.827. The third kappa shape index (κ3) is 3.93. The predicted molar refractivity (Wildman–Crippen MR) is 87.8 cm³/mol. The van der Waals surface area contributed by atoms with E-state index in [-0.39, 0.29) is 17.9 Å². The maximum Gasteiger partial charge on any atom is 0.250 e. The van der Waals surface area contributed by atoms with Crippen LogP contribution in [0.4, 0.5) is 5.69 Å². The summed E-state index contributed by atoms with van der Waals surface area (Å²) in [6.45, 7) is 2.34. The van der Waals surface area contributed by atoms with E-state index in [4.69, 9.17) is 0 Å². The molecule has 0 aliphatic carbocycles. The van der Waals surface area contributed by atoms with E-state index in [1.807, 2.05) is 25.1 Å². The van der Waals surface area contributed by atoms with Crippen LogP contribution in [-0.2, 0) is 11.3 Å². The van der Waals surface area contributed by atoms with Gasteiger partial charge in [0.2, 0.25) is 5.91 Å². The van der Waals surface area contributed by atoms with Crippen molar-refractivity contribution < 1.29 is 4.79 Å². The molecular weight excluding hydrogens is 367 g/mol. The molecule has 1 aromatic heterocycles. The first-order chi connectivity index (χ1) is 9.56. The Morgan fingerprint density at radius 2 is 2.10 bits per heavy atom. The number of hydrogen-bond acceptors (Lipinski definition) is 2. The highest BCUT2D eigenvalue weighted by Crippen LogP contribution is 2.17. The molecular formula is C15H15IN2O2. The van der Waals surface area contributed by atoms with Crippen LogP contribution in [0, 0.1) is 10.5 Å². The summed E-state index contributed by atoms with van der Waals surface area (Å²) in [4.78, 5) is 23.4. The number of rotatable bonds is 4. The van der Waals surface area contributed by atoms with Gasteiger partial charge in [-0.25, -0.2) is 0 Å². The second-order valence-electron chi connectivity index (χ2n) is 4.49. The Hall–Kier alpha value is -1.63. The lowest BCUT2D eigenvalue weighted by atomic mass is 10.2. The van der Waals surface area contributed by atoms with Gasteiger partial charge in [0.25, 0.3) is 5.56 Å². The van der Waals surface area contributed by atoms with Gasteiger partial charge in [0, 0.05) is 34.5 Å². The van der Waals surface area contributed by atoms with Gasteiger partial charge in [-0.2, -0.15) is 0 Å². The molecule has 0 atom stereocenters. The largest absolute Gasteiger partial charge is 0.326 e. The number of anilines is 1. The van der Waals surface area contributed by atoms with Gasteiger partial charge in [-0.1, -0.05) is 6.07 Å². The average molecular weight is 382 g/mol. The lowest BCUT2D eigenvalue weighted by molar-refractivity contribution is -0.116. The van der Waals surface area contributed by atoms with Gasteiger partial charge in [-0.3, -0.25) is 9.59 Å². The molecule has 0 fully saturated rings. The smallest absolute Gasteiger partial charge is 0.250 e. The molecule has 0 aliphatic rings. The first kappa shape index (κ1) is 14.8. The Bertz CT molecular complexity index is 680. The molecule has 2 aromatic rings. The van der Waals surface area contributed by atoms with Crippen molar-refractivity contribution in [3.05, 3.63) is 62.1 Å². The molecule has 0 saturated heterocycles. The van der Waals surface area contributed by atoms with Crippen LogP contribution in [0.5, 0.6) is 0 Å². The lowest BCUT2D eigenvalue weighted by Crippen LogP contribution is -2.22. The number of amides is 1. The van der Waals surface area contributed by atoms with Gasteiger partial charge >= 0.3 is 0 Å². The summed E-state index contributed by atoms with van der Waals surface area (Å²) in [5, 5.41) is 2.87. The third-order valence-corrected chi connectivity index (χ3v) is 3.61. The minimum absolute atomic E-state index is 0.0919. The molecule has 0 radical (unpaired) electrons. The topological polar surface area (TPSA) is 51.1 Å². The Balaban J connectivity index is 1.96. The zero-order chi connectivity index (χ0) is 14.5. The first-order valence-corrected chi connectivity index (χ1v) is 7.35. The Labute approximate surface area is 131 Å². The van der Waals surface area contributed by atoms with Crippen LogP contribution in [0.15, 0.2) is 47.4 Å². The van der Waals surface area contributed by atoms with Gasteiger partial charge in [-0.05, 0) is 59.3 Å². The summed E-state index contributed by atoms with van der Waals surface area (Å²) < 4.78 is 2.66. The van der Waals surface area contributed by atoms with Crippen LogP contribution in [0.2, 0.25) is 0 Å². The number of nitrogens with zero attached hydrogens (tertiary/aromatic N) is 1. The van der Waals surface area contributed by atoms with Gasteiger partial charge in [-0.15, -0.1) is 0 Å². The molecule has 0 unspecified atom stereocenters. The van der Waals surface area contributed by atoms with E-state index in [2.05, 4.69) is 27.9 Å². The molecule has 5 heteroatoms. The maximum atomic E-state index is 11.9. The number of aromatic nitrogens is 1. The molecule has 2 rings (SSSR count). The molecule has 1 N–H and O–H groups in total. The fourth-order valence-corrected chi connectivity index (χ4v) is 2.49. The average Bonchev–Trinajstić information content (AvgIpc) is 2.41. The first-order valence-electron chi connectivity index (χ1n) is 6.28. The van der Waals surface area contributed by atoms with Crippen molar-refractivity contribution in [3.8, 4) is 0 Å². The van der Waals surface area contributed by atoms with E-state index in [1.54, 1.807) is 18.3 Å².